The van der Waals surface area contributed by atoms with Crippen LogP contribution in [0.5, 0.6) is 0 Å². The lowest BCUT2D eigenvalue weighted by Crippen LogP contribution is -2.30. The molecule has 2 unspecified atom stereocenters. The molecule has 4 nitrogen and oxygen atoms in total. The Hall–Kier alpha value is -3.76. The Balaban J connectivity index is 1.57. The summed E-state index contributed by atoms with van der Waals surface area (Å²) in [6.45, 7) is 0. The number of para-hydroxylation sites is 1. The number of fused-ring (bicyclic) bond motifs is 3. The van der Waals surface area contributed by atoms with Crippen LogP contribution in [-0.2, 0) is 0 Å². The first-order valence-electron chi connectivity index (χ1n) is 10.6. The van der Waals surface area contributed by atoms with Crippen molar-refractivity contribution in [1.29, 1.82) is 0 Å². The molecule has 0 bridgehead atoms. The summed E-state index contributed by atoms with van der Waals surface area (Å²) in [5.74, 6) is 2.14. The number of aromatic nitrogens is 3. The quantitative estimate of drug-likeness (QED) is 0.364. The number of halogens is 1. The van der Waals surface area contributed by atoms with Gasteiger partial charge in [-0.1, -0.05) is 96.6 Å². The molecule has 0 fully saturated rings. The van der Waals surface area contributed by atoms with Gasteiger partial charge in [0.1, 0.15) is 0 Å². The molecule has 32 heavy (non-hydrogen) atoms. The molecule has 0 radical (unpaired) electrons. The molecule has 0 amide bonds. The van der Waals surface area contributed by atoms with Crippen molar-refractivity contribution in [2.45, 2.75) is 12.0 Å². The van der Waals surface area contributed by atoms with E-state index >= 15 is 0 Å². The first-order chi connectivity index (χ1) is 15.8. The van der Waals surface area contributed by atoms with E-state index in [-0.39, 0.29) is 12.0 Å². The third-order valence-corrected chi connectivity index (χ3v) is 6.15. The van der Waals surface area contributed by atoms with Crippen molar-refractivity contribution < 1.29 is 0 Å². The van der Waals surface area contributed by atoms with Gasteiger partial charge in [0.05, 0.1) is 6.04 Å². The molecule has 1 aliphatic carbocycles. The van der Waals surface area contributed by atoms with Gasteiger partial charge in [-0.2, -0.15) is 9.97 Å². The molecule has 0 N–H and O–H groups in total. The molecule has 2 heterocycles. The lowest BCUT2D eigenvalue weighted by molar-refractivity contribution is 0.728. The topological polar surface area (TPSA) is 41.9 Å². The second-order valence-corrected chi connectivity index (χ2v) is 8.31. The molecule has 154 valence electrons. The third-order valence-electron chi connectivity index (χ3n) is 5.91. The minimum atomic E-state index is 0.121. The second kappa shape index (κ2) is 7.74. The van der Waals surface area contributed by atoms with E-state index in [2.05, 4.69) is 53.5 Å². The predicted octanol–water partition coefficient (Wildman–Crippen LogP) is 6.59. The van der Waals surface area contributed by atoms with Crippen LogP contribution in [-0.4, -0.2) is 21.0 Å². The van der Waals surface area contributed by atoms with Gasteiger partial charge in [0.15, 0.2) is 11.6 Å². The van der Waals surface area contributed by atoms with Crippen molar-refractivity contribution in [3.63, 3.8) is 0 Å². The molecular formula is C27H19ClN4. The smallest absolute Gasteiger partial charge is 0.234 e. The predicted molar refractivity (Wildman–Crippen MR) is 129 cm³/mol. The van der Waals surface area contributed by atoms with Crippen molar-refractivity contribution in [3.05, 3.63) is 114 Å². The van der Waals surface area contributed by atoms with E-state index in [0.29, 0.717) is 22.6 Å². The van der Waals surface area contributed by atoms with Crippen LogP contribution in [0.4, 0.5) is 11.6 Å². The van der Waals surface area contributed by atoms with Crippen molar-refractivity contribution in [2.75, 3.05) is 4.90 Å². The number of rotatable bonds is 3. The van der Waals surface area contributed by atoms with Gasteiger partial charge < -0.3 is 4.90 Å². The Bertz CT molecular complexity index is 1360. The van der Waals surface area contributed by atoms with E-state index in [9.17, 15) is 0 Å². The van der Waals surface area contributed by atoms with Crippen LogP contribution in [0.25, 0.3) is 22.8 Å². The van der Waals surface area contributed by atoms with Crippen LogP contribution in [0.1, 0.15) is 11.5 Å². The summed E-state index contributed by atoms with van der Waals surface area (Å²) in [5, 5.41) is 0.651. The average molecular weight is 435 g/mol. The Morgan fingerprint density at radius 1 is 0.688 bits per heavy atom. The minimum Gasteiger partial charge on any atom is -0.302 e. The molecule has 5 heteroatoms. The SMILES string of the molecule is Clc1cccc(-c2nc(-c3ccccc3)nc(N3c4ccccc4C4C=CC=CC43)n2)c1. The van der Waals surface area contributed by atoms with Crippen LogP contribution in [0.2, 0.25) is 5.02 Å². The van der Waals surface area contributed by atoms with Crippen LogP contribution in [0.3, 0.4) is 0 Å². The Kier molecular flexibility index (Phi) is 4.58. The summed E-state index contributed by atoms with van der Waals surface area (Å²) in [6.07, 6.45) is 8.68. The van der Waals surface area contributed by atoms with Gasteiger partial charge in [-0.15, -0.1) is 0 Å². The maximum Gasteiger partial charge on any atom is 0.234 e. The highest BCUT2D eigenvalue weighted by molar-refractivity contribution is 6.30. The fourth-order valence-corrected chi connectivity index (χ4v) is 4.66. The van der Waals surface area contributed by atoms with Gasteiger partial charge in [0.2, 0.25) is 5.95 Å². The molecule has 2 atom stereocenters. The lowest BCUT2D eigenvalue weighted by atomic mass is 9.92. The third kappa shape index (κ3) is 3.20. The summed E-state index contributed by atoms with van der Waals surface area (Å²) in [7, 11) is 0. The van der Waals surface area contributed by atoms with Gasteiger partial charge in [-0.3, -0.25) is 0 Å². The molecule has 3 aromatic carbocycles. The number of hydrogen-bond donors (Lipinski definition) is 0. The Morgan fingerprint density at radius 2 is 1.41 bits per heavy atom. The minimum absolute atomic E-state index is 0.121. The van der Waals surface area contributed by atoms with Crippen molar-refractivity contribution in [1.82, 2.24) is 15.0 Å². The standard InChI is InChI=1S/C27H19ClN4/c28-20-12-8-11-19(17-20)26-29-25(18-9-2-1-3-10-18)30-27(31-26)32-23-15-6-4-13-21(23)22-14-5-7-16-24(22)32/h1-17,21,23H. The molecule has 0 saturated heterocycles. The summed E-state index contributed by atoms with van der Waals surface area (Å²) >= 11 is 6.28. The van der Waals surface area contributed by atoms with Crippen molar-refractivity contribution in [2.24, 2.45) is 0 Å². The number of benzene rings is 3. The van der Waals surface area contributed by atoms with E-state index in [4.69, 9.17) is 26.6 Å². The fraction of sp³-hybridized carbons (Fsp3) is 0.0741. The molecule has 0 saturated carbocycles. The maximum atomic E-state index is 6.28. The van der Waals surface area contributed by atoms with Crippen LogP contribution in [0, 0.1) is 0 Å². The molecular weight excluding hydrogens is 416 g/mol. The Labute approximate surface area is 191 Å². The lowest BCUT2D eigenvalue weighted by Gasteiger charge is -2.27. The molecule has 2 aliphatic rings. The summed E-state index contributed by atoms with van der Waals surface area (Å²) in [5.41, 5.74) is 4.22. The van der Waals surface area contributed by atoms with E-state index in [0.717, 1.165) is 16.8 Å². The first kappa shape index (κ1) is 19.0. The maximum absolute atomic E-state index is 6.28. The van der Waals surface area contributed by atoms with Gasteiger partial charge in [0, 0.05) is 27.8 Å². The van der Waals surface area contributed by atoms with Crippen molar-refractivity contribution in [3.8, 4) is 22.8 Å². The highest BCUT2D eigenvalue weighted by atomic mass is 35.5. The zero-order valence-electron chi connectivity index (χ0n) is 17.1. The van der Waals surface area contributed by atoms with Crippen LogP contribution < -0.4 is 4.90 Å². The largest absolute Gasteiger partial charge is 0.302 e. The van der Waals surface area contributed by atoms with Crippen LogP contribution >= 0.6 is 11.6 Å². The molecule has 1 aromatic heterocycles. The second-order valence-electron chi connectivity index (χ2n) is 7.87. The number of nitrogens with zero attached hydrogens (tertiary/aromatic N) is 4. The van der Waals surface area contributed by atoms with Gasteiger partial charge in [-0.05, 0) is 23.8 Å². The molecule has 6 rings (SSSR count). The number of allylic oxidation sites excluding steroid dienone is 2. The van der Waals surface area contributed by atoms with Gasteiger partial charge in [-0.25, -0.2) is 4.98 Å². The highest BCUT2D eigenvalue weighted by Gasteiger charge is 2.38. The van der Waals surface area contributed by atoms with E-state index < -0.39 is 0 Å². The van der Waals surface area contributed by atoms with Gasteiger partial charge in [0.25, 0.3) is 0 Å². The first-order valence-corrected chi connectivity index (χ1v) is 11.0. The van der Waals surface area contributed by atoms with E-state index in [1.54, 1.807) is 0 Å². The Morgan fingerprint density at radius 3 is 2.25 bits per heavy atom. The van der Waals surface area contributed by atoms with Crippen LogP contribution in [0.15, 0.2) is 103 Å². The van der Waals surface area contributed by atoms with E-state index in [1.165, 1.54) is 5.56 Å². The van der Waals surface area contributed by atoms with E-state index in [1.807, 2.05) is 54.6 Å². The summed E-state index contributed by atoms with van der Waals surface area (Å²) in [6, 6.07) is 26.2. The average Bonchev–Trinajstić information content (AvgIpc) is 3.19. The highest BCUT2D eigenvalue weighted by Crippen LogP contribution is 2.46. The normalized spacial score (nSPS) is 18.5. The fourth-order valence-electron chi connectivity index (χ4n) is 4.47. The van der Waals surface area contributed by atoms with Crippen molar-refractivity contribution >= 4 is 23.2 Å². The number of anilines is 2. The van der Waals surface area contributed by atoms with Gasteiger partial charge >= 0.3 is 0 Å². The number of hydrogen-bond acceptors (Lipinski definition) is 4. The zero-order valence-corrected chi connectivity index (χ0v) is 17.9. The molecule has 0 spiro atoms. The summed E-state index contributed by atoms with van der Waals surface area (Å²) in [4.78, 5) is 16.9. The molecule has 1 aliphatic heterocycles. The monoisotopic (exact) mass is 434 g/mol. The zero-order chi connectivity index (χ0) is 21.5. The molecule has 4 aromatic rings. The summed E-state index contributed by atoms with van der Waals surface area (Å²) < 4.78 is 0.